The highest BCUT2D eigenvalue weighted by Gasteiger charge is 2.17. The van der Waals surface area contributed by atoms with Gasteiger partial charge in [-0.1, -0.05) is 21.1 Å². The Bertz CT molecular complexity index is 938. The first-order valence-electron chi connectivity index (χ1n) is 6.78. The van der Waals surface area contributed by atoms with Crippen molar-refractivity contribution in [2.45, 2.75) is 11.8 Å². The summed E-state index contributed by atoms with van der Waals surface area (Å²) in [6, 6.07) is 11.6. The molecule has 0 aliphatic carbocycles. The number of hydrogen-bond acceptors (Lipinski definition) is 6. The van der Waals surface area contributed by atoms with Crippen LogP contribution in [0, 0.1) is 6.92 Å². The second kappa shape index (κ2) is 6.62. The lowest BCUT2D eigenvalue weighted by atomic mass is 10.3. The summed E-state index contributed by atoms with van der Waals surface area (Å²) in [6.07, 6.45) is 1.21. The molecule has 2 aromatic heterocycles. The van der Waals surface area contributed by atoms with Crippen molar-refractivity contribution in [3.63, 3.8) is 0 Å². The van der Waals surface area contributed by atoms with E-state index in [0.717, 1.165) is 4.47 Å². The second-order valence-corrected chi connectivity index (χ2v) is 7.41. The van der Waals surface area contributed by atoms with Crippen LogP contribution in [-0.2, 0) is 10.0 Å². The number of ether oxygens (including phenoxy) is 1. The number of aryl methyl sites for hydroxylation is 1. The minimum atomic E-state index is -3.79. The number of sulfonamides is 1. The Labute approximate surface area is 146 Å². The third-order valence-electron chi connectivity index (χ3n) is 2.92. The van der Waals surface area contributed by atoms with Crippen molar-refractivity contribution < 1.29 is 17.7 Å². The van der Waals surface area contributed by atoms with E-state index < -0.39 is 10.0 Å². The topological polar surface area (TPSA) is 94.3 Å². The quantitative estimate of drug-likeness (QED) is 0.689. The maximum absolute atomic E-state index is 12.2. The molecule has 0 aliphatic rings. The maximum Gasteiger partial charge on any atom is 0.264 e. The molecule has 0 amide bonds. The Morgan fingerprint density at radius 1 is 1.17 bits per heavy atom. The third-order valence-corrected chi connectivity index (χ3v) is 4.79. The Morgan fingerprint density at radius 3 is 2.50 bits per heavy atom. The Hall–Kier alpha value is -2.39. The van der Waals surface area contributed by atoms with Gasteiger partial charge in [0.15, 0.2) is 5.82 Å². The summed E-state index contributed by atoms with van der Waals surface area (Å²) < 4.78 is 38.1. The monoisotopic (exact) mass is 409 g/mol. The summed E-state index contributed by atoms with van der Waals surface area (Å²) in [4.78, 5) is 4.00. The highest BCUT2D eigenvalue weighted by Crippen LogP contribution is 2.23. The van der Waals surface area contributed by atoms with Crippen LogP contribution in [0.25, 0.3) is 0 Å². The maximum atomic E-state index is 12.2. The lowest BCUT2D eigenvalue weighted by Gasteiger charge is -2.07. The summed E-state index contributed by atoms with van der Waals surface area (Å²) in [7, 11) is -3.79. The van der Waals surface area contributed by atoms with Crippen LogP contribution in [0.4, 0.5) is 5.82 Å². The van der Waals surface area contributed by atoms with Gasteiger partial charge in [0.05, 0.1) is 6.20 Å². The second-order valence-electron chi connectivity index (χ2n) is 4.82. The molecule has 9 heteroatoms. The molecule has 0 bridgehead atoms. The molecular weight excluding hydrogens is 398 g/mol. The standard InChI is InChI=1S/C15H12BrN3O4S/c1-10-8-14(18-23-10)19-24(20,21)13-6-7-15(17-9-13)22-12-4-2-11(16)3-5-12/h2-9H,1H3,(H,18,19). The van der Waals surface area contributed by atoms with E-state index in [-0.39, 0.29) is 16.6 Å². The van der Waals surface area contributed by atoms with Gasteiger partial charge in [-0.15, -0.1) is 0 Å². The number of rotatable bonds is 5. The minimum Gasteiger partial charge on any atom is -0.439 e. The summed E-state index contributed by atoms with van der Waals surface area (Å²) in [6.45, 7) is 1.67. The van der Waals surface area contributed by atoms with Crippen molar-refractivity contribution >= 4 is 31.8 Å². The van der Waals surface area contributed by atoms with Gasteiger partial charge in [-0.2, -0.15) is 0 Å². The molecule has 1 aromatic carbocycles. The number of anilines is 1. The summed E-state index contributed by atoms with van der Waals surface area (Å²) >= 11 is 3.33. The predicted molar refractivity (Wildman–Crippen MR) is 90.5 cm³/mol. The molecule has 0 unspecified atom stereocenters. The van der Waals surface area contributed by atoms with E-state index in [4.69, 9.17) is 9.26 Å². The first-order chi connectivity index (χ1) is 11.4. The van der Waals surface area contributed by atoms with E-state index in [1.165, 1.54) is 24.4 Å². The predicted octanol–water partition coefficient (Wildman–Crippen LogP) is 3.73. The molecule has 7 nitrogen and oxygen atoms in total. The van der Waals surface area contributed by atoms with E-state index in [9.17, 15) is 8.42 Å². The molecule has 0 spiro atoms. The molecule has 124 valence electrons. The van der Waals surface area contributed by atoms with Crippen LogP contribution in [0.2, 0.25) is 0 Å². The van der Waals surface area contributed by atoms with E-state index in [0.29, 0.717) is 11.5 Å². The van der Waals surface area contributed by atoms with E-state index in [1.807, 2.05) is 12.1 Å². The van der Waals surface area contributed by atoms with Gasteiger partial charge >= 0.3 is 0 Å². The van der Waals surface area contributed by atoms with Gasteiger partial charge in [-0.3, -0.25) is 4.72 Å². The number of benzene rings is 1. The van der Waals surface area contributed by atoms with Crippen molar-refractivity contribution in [1.29, 1.82) is 0 Å². The largest absolute Gasteiger partial charge is 0.439 e. The normalized spacial score (nSPS) is 11.2. The minimum absolute atomic E-state index is 0.00805. The molecule has 0 aliphatic heterocycles. The molecule has 24 heavy (non-hydrogen) atoms. The van der Waals surface area contributed by atoms with Crippen LogP contribution in [0.1, 0.15) is 5.76 Å². The zero-order chi connectivity index (χ0) is 17.2. The van der Waals surface area contributed by atoms with Crippen LogP contribution in [-0.4, -0.2) is 18.6 Å². The molecular formula is C15H12BrN3O4S. The fourth-order valence-electron chi connectivity index (χ4n) is 1.82. The smallest absolute Gasteiger partial charge is 0.264 e. The fraction of sp³-hybridized carbons (Fsp3) is 0.0667. The van der Waals surface area contributed by atoms with Gasteiger partial charge in [-0.05, 0) is 37.3 Å². The zero-order valence-corrected chi connectivity index (χ0v) is 14.8. The lowest BCUT2D eigenvalue weighted by molar-refractivity contribution is 0.400. The molecule has 0 fully saturated rings. The molecule has 0 saturated heterocycles. The number of pyridine rings is 1. The first kappa shape index (κ1) is 16.5. The molecule has 3 aromatic rings. The third kappa shape index (κ3) is 3.92. The molecule has 0 saturated carbocycles. The number of aromatic nitrogens is 2. The Kier molecular flexibility index (Phi) is 4.54. The SMILES string of the molecule is Cc1cc(NS(=O)(=O)c2ccc(Oc3ccc(Br)cc3)nc2)no1. The number of nitrogens with one attached hydrogen (secondary N) is 1. The average Bonchev–Trinajstić information content (AvgIpc) is 2.94. The molecule has 2 heterocycles. The van der Waals surface area contributed by atoms with Crippen LogP contribution in [0.15, 0.2) is 62.6 Å². The van der Waals surface area contributed by atoms with Crippen LogP contribution < -0.4 is 9.46 Å². The van der Waals surface area contributed by atoms with Gasteiger partial charge in [0, 0.05) is 16.6 Å². The summed E-state index contributed by atoms with van der Waals surface area (Å²) in [5, 5.41) is 3.59. The number of halogens is 1. The van der Waals surface area contributed by atoms with Crippen LogP contribution in [0.3, 0.4) is 0 Å². The van der Waals surface area contributed by atoms with Crippen molar-refractivity contribution in [1.82, 2.24) is 10.1 Å². The highest BCUT2D eigenvalue weighted by atomic mass is 79.9. The van der Waals surface area contributed by atoms with E-state index >= 15 is 0 Å². The number of hydrogen-bond donors (Lipinski definition) is 1. The van der Waals surface area contributed by atoms with E-state index in [1.54, 1.807) is 19.1 Å². The molecule has 3 rings (SSSR count). The molecule has 1 N–H and O–H groups in total. The van der Waals surface area contributed by atoms with Gasteiger partial charge < -0.3 is 9.26 Å². The van der Waals surface area contributed by atoms with Gasteiger partial charge in [0.2, 0.25) is 5.88 Å². The van der Waals surface area contributed by atoms with Crippen molar-refractivity contribution in [2.24, 2.45) is 0 Å². The lowest BCUT2D eigenvalue weighted by Crippen LogP contribution is -2.13. The Balaban J connectivity index is 1.74. The van der Waals surface area contributed by atoms with Crippen LogP contribution in [0.5, 0.6) is 11.6 Å². The van der Waals surface area contributed by atoms with Gasteiger partial charge in [0.1, 0.15) is 16.4 Å². The zero-order valence-electron chi connectivity index (χ0n) is 12.4. The summed E-state index contributed by atoms with van der Waals surface area (Å²) in [5.41, 5.74) is 0. The van der Waals surface area contributed by atoms with E-state index in [2.05, 4.69) is 30.8 Å². The van der Waals surface area contributed by atoms with Gasteiger partial charge in [-0.25, -0.2) is 13.4 Å². The number of nitrogens with zero attached hydrogens (tertiary/aromatic N) is 2. The average molecular weight is 410 g/mol. The molecule has 0 atom stereocenters. The molecule has 0 radical (unpaired) electrons. The van der Waals surface area contributed by atoms with Crippen molar-refractivity contribution in [2.75, 3.05) is 4.72 Å². The Morgan fingerprint density at radius 2 is 1.92 bits per heavy atom. The van der Waals surface area contributed by atoms with Crippen LogP contribution >= 0.6 is 15.9 Å². The first-order valence-corrected chi connectivity index (χ1v) is 9.06. The van der Waals surface area contributed by atoms with Crippen molar-refractivity contribution in [3.05, 3.63) is 58.9 Å². The fourth-order valence-corrected chi connectivity index (χ4v) is 3.01. The highest BCUT2D eigenvalue weighted by molar-refractivity contribution is 9.10. The van der Waals surface area contributed by atoms with Crippen molar-refractivity contribution in [3.8, 4) is 11.6 Å². The van der Waals surface area contributed by atoms with Gasteiger partial charge in [0.25, 0.3) is 10.0 Å². The summed E-state index contributed by atoms with van der Waals surface area (Å²) in [5.74, 6) is 1.50.